The van der Waals surface area contributed by atoms with E-state index in [2.05, 4.69) is 15.1 Å². The molecule has 0 radical (unpaired) electrons. The molecule has 148 valence electrons. The first kappa shape index (κ1) is 19.2. The Morgan fingerprint density at radius 1 is 1.14 bits per heavy atom. The summed E-state index contributed by atoms with van der Waals surface area (Å²) in [6.45, 7) is 0.355. The molecule has 1 aliphatic rings. The third-order valence-electron chi connectivity index (χ3n) is 4.44. The van der Waals surface area contributed by atoms with Gasteiger partial charge in [-0.15, -0.1) is 0 Å². The number of rotatable bonds is 6. The van der Waals surface area contributed by atoms with E-state index in [1.165, 1.54) is 0 Å². The largest absolute Gasteiger partial charge is 0.487 e. The summed E-state index contributed by atoms with van der Waals surface area (Å²) in [6, 6.07) is 13.2. The van der Waals surface area contributed by atoms with Gasteiger partial charge in [-0.1, -0.05) is 35.0 Å². The Morgan fingerprint density at radius 2 is 1.97 bits per heavy atom. The van der Waals surface area contributed by atoms with Crippen molar-refractivity contribution >= 4 is 23.0 Å². The molecule has 1 atom stereocenters. The predicted molar refractivity (Wildman–Crippen MR) is 112 cm³/mol. The van der Waals surface area contributed by atoms with Crippen molar-refractivity contribution in [3.8, 4) is 5.75 Å². The Kier molecular flexibility index (Phi) is 5.59. The van der Waals surface area contributed by atoms with Crippen LogP contribution >= 0.6 is 11.6 Å². The van der Waals surface area contributed by atoms with Crippen molar-refractivity contribution in [1.29, 1.82) is 0 Å². The van der Waals surface area contributed by atoms with Gasteiger partial charge in [-0.3, -0.25) is 4.98 Å². The molecule has 3 aromatic rings. The first-order valence-electron chi connectivity index (χ1n) is 9.14. The third-order valence-corrected chi connectivity index (χ3v) is 4.68. The number of amidine groups is 1. The molecule has 1 unspecified atom stereocenters. The normalized spacial score (nSPS) is 16.3. The van der Waals surface area contributed by atoms with Crippen molar-refractivity contribution in [3.05, 3.63) is 82.5 Å². The second-order valence-electron chi connectivity index (χ2n) is 6.69. The zero-order valence-electron chi connectivity index (χ0n) is 15.6. The highest BCUT2D eigenvalue weighted by atomic mass is 35.5. The lowest BCUT2D eigenvalue weighted by atomic mass is 10.1. The number of hydrogen-bond acceptors (Lipinski definition) is 7. The van der Waals surface area contributed by atoms with Gasteiger partial charge in [0, 0.05) is 30.1 Å². The highest BCUT2D eigenvalue weighted by Gasteiger charge is 2.18. The summed E-state index contributed by atoms with van der Waals surface area (Å²) in [7, 11) is 0. The van der Waals surface area contributed by atoms with Crippen molar-refractivity contribution in [3.63, 3.8) is 0 Å². The molecule has 0 fully saturated rings. The van der Waals surface area contributed by atoms with Crippen LogP contribution in [0.4, 0.5) is 0 Å². The molecular weight excluding hydrogens is 390 g/mol. The highest BCUT2D eigenvalue weighted by Crippen LogP contribution is 2.22. The molecule has 0 bridgehead atoms. The van der Waals surface area contributed by atoms with E-state index in [1.54, 1.807) is 18.3 Å². The Hall–Kier alpha value is -3.16. The van der Waals surface area contributed by atoms with Gasteiger partial charge >= 0.3 is 0 Å². The lowest BCUT2D eigenvalue weighted by Gasteiger charge is -2.13. The maximum atomic E-state index is 5.96. The molecule has 2 aromatic heterocycles. The molecule has 0 amide bonds. The quantitative estimate of drug-likeness (QED) is 0.645. The average Bonchev–Trinajstić information content (AvgIpc) is 3.16. The third kappa shape index (κ3) is 4.82. The number of aromatic nitrogens is 2. The Bertz CT molecular complexity index is 1060. The number of aliphatic imine (C=N–C) groups is 1. The summed E-state index contributed by atoms with van der Waals surface area (Å²) in [4.78, 5) is 8.40. The topological polar surface area (TPSA) is 113 Å². The van der Waals surface area contributed by atoms with E-state index in [9.17, 15) is 0 Å². The van der Waals surface area contributed by atoms with Gasteiger partial charge in [-0.05, 0) is 29.8 Å². The van der Waals surface area contributed by atoms with Gasteiger partial charge in [0.1, 0.15) is 24.4 Å². The maximum Gasteiger partial charge on any atom is 0.170 e. The number of hydrogen-bond donors (Lipinski definition) is 2. The first-order chi connectivity index (χ1) is 14.1. The van der Waals surface area contributed by atoms with E-state index in [-0.39, 0.29) is 6.17 Å². The summed E-state index contributed by atoms with van der Waals surface area (Å²) >= 11 is 5.96. The fourth-order valence-electron chi connectivity index (χ4n) is 2.99. The number of ether oxygens (including phenoxy) is 1. The van der Waals surface area contributed by atoms with E-state index >= 15 is 0 Å². The van der Waals surface area contributed by atoms with Gasteiger partial charge in [-0.25, -0.2) is 4.99 Å². The van der Waals surface area contributed by atoms with Gasteiger partial charge in [0.2, 0.25) is 0 Å². The van der Waals surface area contributed by atoms with Crippen LogP contribution in [0.1, 0.15) is 29.1 Å². The SMILES string of the molecule is NC1=NC(N)CC=C1c1cc(Cc2ccc(OCc3cc(Cl)ccn3)cc2)no1. The highest BCUT2D eigenvalue weighted by molar-refractivity contribution is 6.30. The lowest BCUT2D eigenvalue weighted by molar-refractivity contribution is 0.301. The summed E-state index contributed by atoms with van der Waals surface area (Å²) in [5.74, 6) is 1.73. The second-order valence-corrected chi connectivity index (χ2v) is 7.13. The zero-order chi connectivity index (χ0) is 20.2. The van der Waals surface area contributed by atoms with E-state index in [4.69, 9.17) is 32.3 Å². The van der Waals surface area contributed by atoms with Crippen LogP contribution < -0.4 is 16.2 Å². The van der Waals surface area contributed by atoms with Gasteiger partial charge in [0.15, 0.2) is 5.76 Å². The van der Waals surface area contributed by atoms with Crippen LogP contribution in [-0.2, 0) is 13.0 Å². The summed E-state index contributed by atoms with van der Waals surface area (Å²) < 4.78 is 11.2. The minimum absolute atomic E-state index is 0.295. The lowest BCUT2D eigenvalue weighted by Crippen LogP contribution is -2.27. The van der Waals surface area contributed by atoms with Gasteiger partial charge < -0.3 is 20.7 Å². The molecule has 4 rings (SSSR count). The number of nitrogens with zero attached hydrogens (tertiary/aromatic N) is 3. The number of dihydropyridines is 1. The maximum absolute atomic E-state index is 5.96. The average molecular weight is 410 g/mol. The van der Waals surface area contributed by atoms with E-state index in [1.807, 2.05) is 36.4 Å². The summed E-state index contributed by atoms with van der Waals surface area (Å²) in [5.41, 5.74) is 15.1. The van der Waals surface area contributed by atoms with Crippen molar-refractivity contribution in [2.75, 3.05) is 0 Å². The second kappa shape index (κ2) is 8.46. The van der Waals surface area contributed by atoms with Crippen molar-refractivity contribution < 1.29 is 9.26 Å². The fourth-order valence-corrected chi connectivity index (χ4v) is 3.17. The molecule has 29 heavy (non-hydrogen) atoms. The van der Waals surface area contributed by atoms with Crippen LogP contribution in [0.25, 0.3) is 5.57 Å². The molecule has 0 aliphatic carbocycles. The Morgan fingerprint density at radius 3 is 2.72 bits per heavy atom. The molecule has 7 nitrogen and oxygen atoms in total. The molecule has 0 spiro atoms. The Labute approximate surface area is 173 Å². The number of nitrogens with two attached hydrogens (primary N) is 2. The monoisotopic (exact) mass is 409 g/mol. The Balaban J connectivity index is 1.37. The van der Waals surface area contributed by atoms with Crippen LogP contribution in [0.15, 0.2) is 64.3 Å². The van der Waals surface area contributed by atoms with Crippen LogP contribution in [0.2, 0.25) is 5.02 Å². The molecule has 8 heteroatoms. The minimum atomic E-state index is -0.295. The summed E-state index contributed by atoms with van der Waals surface area (Å²) in [5, 5.41) is 4.78. The van der Waals surface area contributed by atoms with Crippen molar-refractivity contribution in [2.45, 2.75) is 25.6 Å². The van der Waals surface area contributed by atoms with Crippen molar-refractivity contribution in [1.82, 2.24) is 10.1 Å². The molecule has 3 heterocycles. The number of benzene rings is 1. The van der Waals surface area contributed by atoms with Crippen LogP contribution in [-0.4, -0.2) is 22.1 Å². The number of halogens is 1. The molecule has 0 saturated carbocycles. The van der Waals surface area contributed by atoms with Crippen LogP contribution in [0.5, 0.6) is 5.75 Å². The summed E-state index contributed by atoms with van der Waals surface area (Å²) in [6.07, 6.45) is 4.55. The molecule has 4 N–H and O–H groups in total. The van der Waals surface area contributed by atoms with Crippen LogP contribution in [0.3, 0.4) is 0 Å². The van der Waals surface area contributed by atoms with E-state index in [0.717, 1.165) is 28.3 Å². The van der Waals surface area contributed by atoms with Crippen LogP contribution in [0, 0.1) is 0 Å². The smallest absolute Gasteiger partial charge is 0.170 e. The molecule has 1 aromatic carbocycles. The van der Waals surface area contributed by atoms with Gasteiger partial charge in [-0.2, -0.15) is 0 Å². The minimum Gasteiger partial charge on any atom is -0.487 e. The van der Waals surface area contributed by atoms with E-state index < -0.39 is 0 Å². The standard InChI is InChI=1S/C21H20ClN5O2/c22-14-7-8-25-16(10-14)12-28-17-3-1-13(2-4-17)9-15-11-19(29-27-15)18-5-6-20(23)26-21(18)24/h1-5,7-8,10-11,20H,6,9,12,23H2,(H2,24,26). The van der Waals surface area contributed by atoms with Crippen molar-refractivity contribution in [2.24, 2.45) is 16.5 Å². The first-order valence-corrected chi connectivity index (χ1v) is 9.52. The van der Waals surface area contributed by atoms with E-state index in [0.29, 0.717) is 36.1 Å². The molecular formula is C21H20ClN5O2. The number of pyridine rings is 1. The van der Waals surface area contributed by atoms with Gasteiger partial charge in [0.25, 0.3) is 0 Å². The fraction of sp³-hybridized carbons (Fsp3) is 0.190. The predicted octanol–water partition coefficient (Wildman–Crippen LogP) is 3.32. The molecule has 0 saturated heterocycles. The zero-order valence-corrected chi connectivity index (χ0v) is 16.3. The molecule has 1 aliphatic heterocycles. The van der Waals surface area contributed by atoms with Gasteiger partial charge in [0.05, 0.1) is 17.0 Å².